The zero-order chi connectivity index (χ0) is 19.7. The Bertz CT molecular complexity index is 643. The molecule has 1 aromatic heterocycles. The lowest BCUT2D eigenvalue weighted by Gasteiger charge is -2.36. The monoisotopic (exact) mass is 366 g/mol. The molecule has 0 N–H and O–H groups in total. The zero-order valence-electron chi connectivity index (χ0n) is 17.3. The summed E-state index contributed by atoms with van der Waals surface area (Å²) in [6.07, 6.45) is 6.58. The summed E-state index contributed by atoms with van der Waals surface area (Å²) in [4.78, 5) is 20.9. The second-order valence-corrected chi connectivity index (χ2v) is 7.65. The Balaban J connectivity index is 2.61. The number of rotatable bonds is 11. The predicted molar refractivity (Wildman–Crippen MR) is 113 cm³/mol. The van der Waals surface area contributed by atoms with E-state index in [0.717, 1.165) is 49.9 Å². The number of pyridine rings is 1. The molecule has 27 heavy (non-hydrogen) atoms. The first-order valence-electron chi connectivity index (χ1n) is 10.2. The molecule has 0 aliphatic carbocycles. The summed E-state index contributed by atoms with van der Waals surface area (Å²) in [6, 6.07) is 16.2. The van der Waals surface area contributed by atoms with Crippen molar-refractivity contribution < 1.29 is 4.79 Å². The van der Waals surface area contributed by atoms with Crippen LogP contribution in [0.2, 0.25) is 0 Å². The van der Waals surface area contributed by atoms with E-state index in [2.05, 4.69) is 50.0 Å². The average Bonchev–Trinajstić information content (AvgIpc) is 2.70. The molecule has 1 aromatic carbocycles. The highest BCUT2D eigenvalue weighted by atomic mass is 16.1. The average molecular weight is 367 g/mol. The van der Waals surface area contributed by atoms with Crippen LogP contribution in [0.1, 0.15) is 57.2 Å². The van der Waals surface area contributed by atoms with Crippen molar-refractivity contribution >= 4 is 5.78 Å². The van der Waals surface area contributed by atoms with Crippen molar-refractivity contribution in [3.63, 3.8) is 0 Å². The maximum Gasteiger partial charge on any atom is 0.152 e. The van der Waals surface area contributed by atoms with Gasteiger partial charge in [-0.1, -0.05) is 63.1 Å². The minimum absolute atomic E-state index is 0.0642. The molecule has 0 bridgehead atoms. The summed E-state index contributed by atoms with van der Waals surface area (Å²) >= 11 is 0. The summed E-state index contributed by atoms with van der Waals surface area (Å²) in [6.45, 7) is 5.16. The van der Waals surface area contributed by atoms with E-state index in [4.69, 9.17) is 0 Å². The molecule has 0 saturated carbocycles. The summed E-state index contributed by atoms with van der Waals surface area (Å²) in [5, 5.41) is 0. The Labute approximate surface area is 164 Å². The van der Waals surface area contributed by atoms with Crippen LogP contribution in [0.3, 0.4) is 0 Å². The van der Waals surface area contributed by atoms with Crippen LogP contribution in [0, 0.1) is 5.92 Å². The van der Waals surface area contributed by atoms with Crippen LogP contribution < -0.4 is 0 Å². The maximum absolute atomic E-state index is 14.1. The first-order chi connectivity index (χ1) is 13.1. The lowest BCUT2D eigenvalue weighted by atomic mass is 9.66. The Morgan fingerprint density at radius 2 is 1.78 bits per heavy atom. The standard InChI is InChI=1S/C24H34N2O/c1-5-7-13-20(6-2)23(27)24(17-19-26(3)4,21-14-9-8-10-15-21)22-16-11-12-18-25-22/h8-12,14-16,18,20H,5-7,13,17,19H2,1-4H3. The highest BCUT2D eigenvalue weighted by Gasteiger charge is 2.45. The molecule has 1 heterocycles. The first kappa shape index (κ1) is 21.3. The lowest BCUT2D eigenvalue weighted by molar-refractivity contribution is -0.128. The van der Waals surface area contributed by atoms with Gasteiger partial charge >= 0.3 is 0 Å². The molecule has 0 amide bonds. The topological polar surface area (TPSA) is 33.2 Å². The minimum atomic E-state index is -0.693. The molecule has 2 rings (SSSR count). The van der Waals surface area contributed by atoms with Gasteiger partial charge < -0.3 is 4.90 Å². The summed E-state index contributed by atoms with van der Waals surface area (Å²) in [5.74, 6) is 0.388. The third kappa shape index (κ3) is 5.04. The summed E-state index contributed by atoms with van der Waals surface area (Å²) < 4.78 is 0. The zero-order valence-corrected chi connectivity index (χ0v) is 17.3. The maximum atomic E-state index is 14.1. The molecule has 0 radical (unpaired) electrons. The number of nitrogens with zero attached hydrogens (tertiary/aromatic N) is 2. The van der Waals surface area contributed by atoms with Crippen LogP contribution in [0.15, 0.2) is 54.7 Å². The molecule has 0 spiro atoms. The molecule has 2 aromatic rings. The van der Waals surface area contributed by atoms with E-state index in [0.29, 0.717) is 5.78 Å². The fourth-order valence-electron chi connectivity index (χ4n) is 3.86. The van der Waals surface area contributed by atoms with Crippen LogP contribution in [0.25, 0.3) is 0 Å². The number of hydrogen-bond donors (Lipinski definition) is 0. The van der Waals surface area contributed by atoms with Gasteiger partial charge in [0, 0.05) is 12.1 Å². The van der Waals surface area contributed by atoms with Gasteiger partial charge in [0.2, 0.25) is 0 Å². The number of benzene rings is 1. The number of aromatic nitrogens is 1. The van der Waals surface area contributed by atoms with Crippen LogP contribution in [-0.4, -0.2) is 36.3 Å². The van der Waals surface area contributed by atoms with Gasteiger partial charge in [0.15, 0.2) is 5.78 Å². The molecule has 146 valence electrons. The van der Waals surface area contributed by atoms with E-state index in [1.54, 1.807) is 0 Å². The second kappa shape index (κ2) is 10.4. The molecule has 0 aliphatic heterocycles. The van der Waals surface area contributed by atoms with E-state index < -0.39 is 5.41 Å². The van der Waals surface area contributed by atoms with E-state index in [9.17, 15) is 4.79 Å². The first-order valence-corrected chi connectivity index (χ1v) is 10.2. The van der Waals surface area contributed by atoms with E-state index in [1.165, 1.54) is 0 Å². The smallest absolute Gasteiger partial charge is 0.152 e. The molecular formula is C24H34N2O. The molecule has 0 saturated heterocycles. The third-order valence-corrected chi connectivity index (χ3v) is 5.49. The molecular weight excluding hydrogens is 332 g/mol. The minimum Gasteiger partial charge on any atom is -0.309 e. The van der Waals surface area contributed by atoms with Crippen molar-refractivity contribution in [1.29, 1.82) is 0 Å². The van der Waals surface area contributed by atoms with Crippen molar-refractivity contribution in [3.05, 3.63) is 66.0 Å². The Morgan fingerprint density at radius 1 is 1.07 bits per heavy atom. The Hall–Kier alpha value is -2.00. The van der Waals surface area contributed by atoms with Crippen molar-refractivity contribution in [2.45, 2.75) is 51.4 Å². The van der Waals surface area contributed by atoms with Gasteiger partial charge in [-0.2, -0.15) is 0 Å². The fraction of sp³-hybridized carbons (Fsp3) is 0.500. The largest absolute Gasteiger partial charge is 0.309 e. The van der Waals surface area contributed by atoms with Crippen LogP contribution >= 0.6 is 0 Å². The summed E-state index contributed by atoms with van der Waals surface area (Å²) in [5.41, 5.74) is 1.24. The molecule has 0 fully saturated rings. The van der Waals surface area contributed by atoms with Gasteiger partial charge in [0.25, 0.3) is 0 Å². The van der Waals surface area contributed by atoms with Crippen molar-refractivity contribution in [2.75, 3.05) is 20.6 Å². The van der Waals surface area contributed by atoms with Gasteiger partial charge in [-0.05, 0) is 57.6 Å². The van der Waals surface area contributed by atoms with Gasteiger partial charge in [-0.3, -0.25) is 9.78 Å². The van der Waals surface area contributed by atoms with E-state index in [-0.39, 0.29) is 5.92 Å². The fourth-order valence-corrected chi connectivity index (χ4v) is 3.86. The van der Waals surface area contributed by atoms with E-state index >= 15 is 0 Å². The van der Waals surface area contributed by atoms with E-state index in [1.807, 2.05) is 42.6 Å². The predicted octanol–water partition coefficient (Wildman–Crippen LogP) is 5.10. The second-order valence-electron chi connectivity index (χ2n) is 7.65. The lowest BCUT2D eigenvalue weighted by Crippen LogP contribution is -2.44. The number of unbranched alkanes of at least 4 members (excludes halogenated alkanes) is 1. The van der Waals surface area contributed by atoms with Gasteiger partial charge in [-0.25, -0.2) is 0 Å². The number of carbonyl (C=O) groups is 1. The normalized spacial score (nSPS) is 14.7. The Kier molecular flexibility index (Phi) is 8.18. The van der Waals surface area contributed by atoms with Crippen LogP contribution in [0.4, 0.5) is 0 Å². The van der Waals surface area contributed by atoms with Gasteiger partial charge in [-0.15, -0.1) is 0 Å². The number of Topliss-reactive ketones (excluding diaryl/α,β-unsaturated/α-hetero) is 1. The number of carbonyl (C=O) groups excluding carboxylic acids is 1. The molecule has 0 aliphatic rings. The van der Waals surface area contributed by atoms with Crippen LogP contribution in [-0.2, 0) is 10.2 Å². The molecule has 3 nitrogen and oxygen atoms in total. The molecule has 2 atom stereocenters. The van der Waals surface area contributed by atoms with Crippen molar-refractivity contribution in [3.8, 4) is 0 Å². The molecule has 3 heteroatoms. The molecule has 2 unspecified atom stereocenters. The quantitative estimate of drug-likeness (QED) is 0.554. The third-order valence-electron chi connectivity index (χ3n) is 5.49. The van der Waals surface area contributed by atoms with Gasteiger partial charge in [0.1, 0.15) is 0 Å². The highest BCUT2D eigenvalue weighted by Crippen LogP contribution is 2.39. The highest BCUT2D eigenvalue weighted by molar-refractivity contribution is 5.95. The summed E-state index contributed by atoms with van der Waals surface area (Å²) in [7, 11) is 4.13. The number of ketones is 1. The number of hydrogen-bond acceptors (Lipinski definition) is 3. The Morgan fingerprint density at radius 3 is 2.33 bits per heavy atom. The van der Waals surface area contributed by atoms with Crippen molar-refractivity contribution in [1.82, 2.24) is 9.88 Å². The van der Waals surface area contributed by atoms with Crippen LogP contribution in [0.5, 0.6) is 0 Å². The SMILES string of the molecule is CCCCC(CC)C(=O)C(CCN(C)C)(c1ccccc1)c1ccccn1. The van der Waals surface area contributed by atoms with Crippen molar-refractivity contribution in [2.24, 2.45) is 5.92 Å². The van der Waals surface area contributed by atoms with Gasteiger partial charge in [0.05, 0.1) is 11.1 Å².